The van der Waals surface area contributed by atoms with E-state index < -0.39 is 0 Å². The van der Waals surface area contributed by atoms with Crippen LogP contribution in [0.15, 0.2) is 6.20 Å². The summed E-state index contributed by atoms with van der Waals surface area (Å²) in [6, 6.07) is 0. The van der Waals surface area contributed by atoms with E-state index in [1.54, 1.807) is 6.20 Å². The Hall–Kier alpha value is -1.19. The lowest BCUT2D eigenvalue weighted by Crippen LogP contribution is -2.59. The van der Waals surface area contributed by atoms with Gasteiger partial charge in [-0.05, 0) is 25.2 Å². The fourth-order valence-corrected chi connectivity index (χ4v) is 2.28. The highest BCUT2D eigenvalue weighted by atomic mass is 16.1. The van der Waals surface area contributed by atoms with Gasteiger partial charge in [-0.3, -0.25) is 4.79 Å². The second-order valence-corrected chi connectivity index (χ2v) is 3.91. The van der Waals surface area contributed by atoms with E-state index >= 15 is 0 Å². The molecule has 4 rings (SSSR count). The molecule has 0 spiro atoms. The topological polar surface area (TPSA) is 47.8 Å². The van der Waals surface area contributed by atoms with E-state index in [0.29, 0.717) is 5.69 Å². The number of hydrogen-bond donors (Lipinski definition) is 0. The highest BCUT2D eigenvalue weighted by Crippen LogP contribution is 2.61. The van der Waals surface area contributed by atoms with E-state index in [2.05, 4.69) is 10.3 Å². The molecule has 0 amide bonds. The number of hydrogen-bond acceptors (Lipinski definition) is 3. The van der Waals surface area contributed by atoms with Crippen LogP contribution >= 0.6 is 0 Å². The predicted molar refractivity (Wildman–Crippen MR) is 40.7 cm³/mol. The average molecular weight is 163 g/mol. The molecule has 0 aliphatic heterocycles. The Balaban J connectivity index is 1.96. The van der Waals surface area contributed by atoms with Gasteiger partial charge in [-0.2, -0.15) is 0 Å². The summed E-state index contributed by atoms with van der Waals surface area (Å²) in [6.45, 7) is 0. The first-order chi connectivity index (χ1) is 5.82. The van der Waals surface area contributed by atoms with Gasteiger partial charge < -0.3 is 0 Å². The van der Waals surface area contributed by atoms with Crippen molar-refractivity contribution in [1.29, 1.82) is 0 Å². The number of aromatic nitrogens is 3. The number of carbonyl (C=O) groups is 1. The lowest BCUT2D eigenvalue weighted by molar-refractivity contribution is -0.0988. The molecule has 1 aromatic rings. The molecule has 62 valence electrons. The van der Waals surface area contributed by atoms with Crippen LogP contribution in [0.25, 0.3) is 0 Å². The third-order valence-electron chi connectivity index (χ3n) is 3.12. The molecule has 4 heteroatoms. The van der Waals surface area contributed by atoms with Crippen molar-refractivity contribution < 1.29 is 4.79 Å². The summed E-state index contributed by atoms with van der Waals surface area (Å²) < 4.78 is 1.87. The van der Waals surface area contributed by atoms with Gasteiger partial charge >= 0.3 is 0 Å². The minimum Gasteiger partial charge on any atom is -0.296 e. The van der Waals surface area contributed by atoms with E-state index in [9.17, 15) is 4.79 Å². The van der Waals surface area contributed by atoms with Crippen molar-refractivity contribution in [3.05, 3.63) is 11.9 Å². The van der Waals surface area contributed by atoms with Crippen LogP contribution in [-0.4, -0.2) is 21.3 Å². The van der Waals surface area contributed by atoms with Crippen molar-refractivity contribution in [2.45, 2.75) is 24.8 Å². The van der Waals surface area contributed by atoms with Crippen molar-refractivity contribution in [3.63, 3.8) is 0 Å². The van der Waals surface area contributed by atoms with Crippen LogP contribution in [-0.2, 0) is 5.54 Å². The predicted octanol–water partition coefficient (Wildman–Crippen LogP) is 0.600. The summed E-state index contributed by atoms with van der Waals surface area (Å²) in [5.41, 5.74) is 0.707. The van der Waals surface area contributed by atoms with E-state index in [0.717, 1.165) is 12.2 Å². The Bertz CT molecular complexity index is 327. The third kappa shape index (κ3) is 0.566. The first-order valence-corrected chi connectivity index (χ1v) is 4.20. The second-order valence-electron chi connectivity index (χ2n) is 3.91. The average Bonchev–Trinajstić information content (AvgIpc) is 2.29. The Labute approximate surface area is 69.6 Å². The van der Waals surface area contributed by atoms with Crippen molar-refractivity contribution in [1.82, 2.24) is 15.0 Å². The molecular formula is C8H9N3O. The Morgan fingerprint density at radius 1 is 1.58 bits per heavy atom. The molecule has 0 unspecified atom stereocenters. The zero-order valence-corrected chi connectivity index (χ0v) is 6.60. The standard InChI is InChI=1S/C8H9N3O/c12-5-7-4-11(10-9-7)8-1-6(2-8)3-8/h4-6H,1-3H2. The van der Waals surface area contributed by atoms with Crippen LogP contribution in [0.2, 0.25) is 0 Å². The maximum Gasteiger partial charge on any atom is 0.171 e. The van der Waals surface area contributed by atoms with Gasteiger partial charge in [0.2, 0.25) is 0 Å². The fourth-order valence-electron chi connectivity index (χ4n) is 2.28. The van der Waals surface area contributed by atoms with Crippen LogP contribution < -0.4 is 0 Å². The van der Waals surface area contributed by atoms with Gasteiger partial charge in [-0.25, -0.2) is 4.68 Å². The van der Waals surface area contributed by atoms with Crippen molar-refractivity contribution in [2.24, 2.45) is 5.92 Å². The molecule has 0 radical (unpaired) electrons. The quantitative estimate of drug-likeness (QED) is 0.600. The second kappa shape index (κ2) is 1.76. The molecule has 0 saturated heterocycles. The SMILES string of the molecule is O=Cc1cn(C23CC(C2)C3)nn1. The summed E-state index contributed by atoms with van der Waals surface area (Å²) >= 11 is 0. The molecule has 1 aromatic heterocycles. The fraction of sp³-hybridized carbons (Fsp3) is 0.625. The molecule has 4 nitrogen and oxygen atoms in total. The summed E-state index contributed by atoms with van der Waals surface area (Å²) in [5, 5.41) is 7.71. The number of carbonyl (C=O) groups excluding carboxylic acids is 1. The molecular weight excluding hydrogens is 154 g/mol. The molecule has 0 aromatic carbocycles. The van der Waals surface area contributed by atoms with E-state index in [-0.39, 0.29) is 5.54 Å². The lowest BCUT2D eigenvalue weighted by Gasteiger charge is -2.61. The van der Waals surface area contributed by atoms with Gasteiger partial charge in [-0.15, -0.1) is 5.10 Å². The largest absolute Gasteiger partial charge is 0.296 e. The van der Waals surface area contributed by atoms with Gasteiger partial charge in [-0.1, -0.05) is 5.21 Å². The molecule has 0 N–H and O–H groups in total. The van der Waals surface area contributed by atoms with Gasteiger partial charge in [0.15, 0.2) is 6.29 Å². The highest BCUT2D eigenvalue weighted by Gasteiger charge is 2.58. The molecule has 3 saturated carbocycles. The highest BCUT2D eigenvalue weighted by molar-refractivity contribution is 5.70. The van der Waals surface area contributed by atoms with Gasteiger partial charge in [0, 0.05) is 0 Å². The summed E-state index contributed by atoms with van der Waals surface area (Å²) in [5.74, 6) is 0.925. The normalized spacial score (nSPS) is 36.8. The first-order valence-electron chi connectivity index (χ1n) is 4.20. The minimum absolute atomic E-state index is 0.263. The lowest BCUT2D eigenvalue weighted by atomic mass is 9.50. The smallest absolute Gasteiger partial charge is 0.171 e. The van der Waals surface area contributed by atoms with Gasteiger partial charge in [0.25, 0.3) is 0 Å². The summed E-state index contributed by atoms with van der Waals surface area (Å²) in [7, 11) is 0. The van der Waals surface area contributed by atoms with Crippen molar-refractivity contribution in [3.8, 4) is 0 Å². The molecule has 3 fully saturated rings. The number of aldehydes is 1. The molecule has 3 aliphatic carbocycles. The van der Waals surface area contributed by atoms with E-state index in [4.69, 9.17) is 0 Å². The molecule has 1 heterocycles. The zero-order chi connectivity index (χ0) is 8.18. The Morgan fingerprint density at radius 3 is 2.75 bits per heavy atom. The Kier molecular flexibility index (Phi) is 0.929. The Morgan fingerprint density at radius 2 is 2.33 bits per heavy atom. The maximum absolute atomic E-state index is 10.4. The van der Waals surface area contributed by atoms with Crippen LogP contribution in [0.4, 0.5) is 0 Å². The minimum atomic E-state index is 0.263. The molecule has 3 aliphatic rings. The number of nitrogens with zero attached hydrogens (tertiary/aromatic N) is 3. The monoisotopic (exact) mass is 163 g/mol. The summed E-state index contributed by atoms with van der Waals surface area (Å²) in [6.07, 6.45) is 6.19. The van der Waals surface area contributed by atoms with Crippen LogP contribution in [0, 0.1) is 5.92 Å². The van der Waals surface area contributed by atoms with Crippen molar-refractivity contribution >= 4 is 6.29 Å². The summed E-state index contributed by atoms with van der Waals surface area (Å²) in [4.78, 5) is 10.4. The van der Waals surface area contributed by atoms with Gasteiger partial charge in [0.05, 0.1) is 11.7 Å². The van der Waals surface area contributed by atoms with Gasteiger partial charge in [0.1, 0.15) is 5.69 Å². The first kappa shape index (κ1) is 6.34. The zero-order valence-electron chi connectivity index (χ0n) is 6.60. The van der Waals surface area contributed by atoms with Crippen LogP contribution in [0.5, 0.6) is 0 Å². The maximum atomic E-state index is 10.4. The van der Waals surface area contributed by atoms with E-state index in [1.165, 1.54) is 19.3 Å². The molecule has 12 heavy (non-hydrogen) atoms. The van der Waals surface area contributed by atoms with Crippen LogP contribution in [0.3, 0.4) is 0 Å². The number of rotatable bonds is 2. The van der Waals surface area contributed by atoms with Crippen molar-refractivity contribution in [2.75, 3.05) is 0 Å². The molecule has 0 atom stereocenters. The molecule has 2 bridgehead atoms. The van der Waals surface area contributed by atoms with E-state index in [1.807, 2.05) is 4.68 Å². The van der Waals surface area contributed by atoms with Crippen LogP contribution in [0.1, 0.15) is 29.8 Å². The third-order valence-corrected chi connectivity index (χ3v) is 3.12.